The first kappa shape index (κ1) is 23.5. The number of thioether (sulfide) groups is 1. The highest BCUT2D eigenvalue weighted by Crippen LogP contribution is 2.33. The molecule has 0 aliphatic carbocycles. The normalized spacial score (nSPS) is 12.7. The molecule has 2 aromatic heterocycles. The first-order chi connectivity index (χ1) is 13.5. The standard InChI is InChI=1S/C20H23ClF3N3OS/c1-6-27-15(20(22,23)24)10-13(12(5)19(27)28)25-17(11(3)4)18-14(29-7-2)8-9-16(21)26-18/h8-11H,6-7H2,1-5H3/b25-17+. The summed E-state index contributed by atoms with van der Waals surface area (Å²) in [7, 11) is 0. The minimum Gasteiger partial charge on any atom is -0.304 e. The predicted molar refractivity (Wildman–Crippen MR) is 113 cm³/mol. The van der Waals surface area contributed by atoms with Gasteiger partial charge in [-0.25, -0.2) is 4.98 Å². The summed E-state index contributed by atoms with van der Waals surface area (Å²) in [5.74, 6) is 0.630. The number of alkyl halides is 3. The SMILES string of the molecule is CCSc1ccc(Cl)nc1/C(=N/c1cc(C(F)(F)F)n(CC)c(=O)c1C)C(C)C. The summed E-state index contributed by atoms with van der Waals surface area (Å²) in [6.07, 6.45) is -4.66. The zero-order valence-electron chi connectivity index (χ0n) is 16.9. The Bertz CT molecular complexity index is 984. The van der Waals surface area contributed by atoms with E-state index in [1.807, 2.05) is 26.8 Å². The van der Waals surface area contributed by atoms with Gasteiger partial charge >= 0.3 is 6.18 Å². The zero-order chi connectivity index (χ0) is 21.9. The van der Waals surface area contributed by atoms with Crippen LogP contribution in [-0.4, -0.2) is 21.0 Å². The number of rotatable bonds is 6. The van der Waals surface area contributed by atoms with Crippen molar-refractivity contribution < 1.29 is 13.2 Å². The minimum absolute atomic E-state index is 0.00931. The minimum atomic E-state index is -4.66. The molecule has 0 N–H and O–H groups in total. The Balaban J connectivity index is 2.80. The van der Waals surface area contributed by atoms with Crippen molar-refractivity contribution in [2.75, 3.05) is 5.75 Å². The number of halogens is 4. The van der Waals surface area contributed by atoms with Crippen LogP contribution < -0.4 is 5.56 Å². The predicted octanol–water partition coefficient (Wildman–Crippen LogP) is 6.13. The summed E-state index contributed by atoms with van der Waals surface area (Å²) in [4.78, 5) is 22.3. The molecule has 2 rings (SSSR count). The summed E-state index contributed by atoms with van der Waals surface area (Å²) in [6, 6.07) is 4.41. The maximum Gasteiger partial charge on any atom is 0.431 e. The summed E-state index contributed by atoms with van der Waals surface area (Å²) in [5.41, 5.74) is -0.568. The molecule has 0 saturated heterocycles. The van der Waals surface area contributed by atoms with Crippen molar-refractivity contribution in [2.45, 2.75) is 52.2 Å². The van der Waals surface area contributed by atoms with Crippen LogP contribution in [0.2, 0.25) is 5.15 Å². The van der Waals surface area contributed by atoms with E-state index in [1.54, 1.807) is 6.07 Å². The van der Waals surface area contributed by atoms with Crippen LogP contribution in [0.5, 0.6) is 0 Å². The quantitative estimate of drug-likeness (QED) is 0.305. The van der Waals surface area contributed by atoms with Gasteiger partial charge in [0.1, 0.15) is 16.5 Å². The van der Waals surface area contributed by atoms with Crippen LogP contribution in [-0.2, 0) is 12.7 Å². The smallest absolute Gasteiger partial charge is 0.304 e. The van der Waals surface area contributed by atoms with E-state index >= 15 is 0 Å². The van der Waals surface area contributed by atoms with Crippen molar-refractivity contribution in [3.05, 3.63) is 50.7 Å². The highest BCUT2D eigenvalue weighted by molar-refractivity contribution is 7.99. The fourth-order valence-electron chi connectivity index (χ4n) is 2.87. The van der Waals surface area contributed by atoms with Gasteiger partial charge in [0.15, 0.2) is 0 Å². The Labute approximate surface area is 177 Å². The molecule has 4 nitrogen and oxygen atoms in total. The first-order valence-corrected chi connectivity index (χ1v) is 10.6. The lowest BCUT2D eigenvalue weighted by molar-refractivity contribution is -0.144. The lowest BCUT2D eigenvalue weighted by Gasteiger charge is -2.18. The summed E-state index contributed by atoms with van der Waals surface area (Å²) < 4.78 is 41.3. The lowest BCUT2D eigenvalue weighted by atomic mass is 10.0. The highest BCUT2D eigenvalue weighted by atomic mass is 35.5. The van der Waals surface area contributed by atoms with Crippen molar-refractivity contribution in [1.82, 2.24) is 9.55 Å². The molecule has 0 aliphatic rings. The molecular weight excluding hydrogens is 423 g/mol. The number of aromatic nitrogens is 2. The fraction of sp³-hybridized carbons (Fsp3) is 0.450. The van der Waals surface area contributed by atoms with E-state index in [0.29, 0.717) is 11.4 Å². The van der Waals surface area contributed by atoms with E-state index in [4.69, 9.17) is 11.6 Å². The van der Waals surface area contributed by atoms with Gasteiger partial charge in [0.2, 0.25) is 0 Å². The van der Waals surface area contributed by atoms with Gasteiger partial charge in [0.25, 0.3) is 5.56 Å². The van der Waals surface area contributed by atoms with Gasteiger partial charge in [-0.2, -0.15) is 13.2 Å². The molecule has 29 heavy (non-hydrogen) atoms. The Kier molecular flexibility index (Phi) is 7.56. The Morgan fingerprint density at radius 2 is 1.97 bits per heavy atom. The Hall–Kier alpha value is -1.80. The molecule has 0 radical (unpaired) electrons. The van der Waals surface area contributed by atoms with Crippen molar-refractivity contribution >= 4 is 34.8 Å². The van der Waals surface area contributed by atoms with Crippen molar-refractivity contribution in [2.24, 2.45) is 10.9 Å². The summed E-state index contributed by atoms with van der Waals surface area (Å²) >= 11 is 7.61. The van der Waals surface area contributed by atoms with Crippen LogP contribution in [0.15, 0.2) is 32.9 Å². The average molecular weight is 446 g/mol. The van der Waals surface area contributed by atoms with Gasteiger partial charge in [0.05, 0.1) is 11.4 Å². The number of pyridine rings is 2. The monoisotopic (exact) mass is 445 g/mol. The second-order valence-corrected chi connectivity index (χ2v) is 8.35. The van der Waals surface area contributed by atoms with Crippen LogP contribution in [0.4, 0.5) is 18.9 Å². The molecule has 158 valence electrons. The maximum absolute atomic E-state index is 13.5. The van der Waals surface area contributed by atoms with Crippen LogP contribution >= 0.6 is 23.4 Å². The van der Waals surface area contributed by atoms with E-state index in [0.717, 1.165) is 21.3 Å². The molecule has 0 atom stereocenters. The van der Waals surface area contributed by atoms with E-state index in [9.17, 15) is 18.0 Å². The summed E-state index contributed by atoms with van der Waals surface area (Å²) in [5, 5.41) is 0.267. The van der Waals surface area contributed by atoms with Crippen molar-refractivity contribution in [3.8, 4) is 0 Å². The van der Waals surface area contributed by atoms with Gasteiger partial charge in [0, 0.05) is 17.0 Å². The second-order valence-electron chi connectivity index (χ2n) is 6.65. The van der Waals surface area contributed by atoms with Gasteiger partial charge in [-0.15, -0.1) is 11.8 Å². The number of hydrogen-bond acceptors (Lipinski definition) is 4. The van der Waals surface area contributed by atoms with Crippen LogP contribution in [0.25, 0.3) is 0 Å². The highest BCUT2D eigenvalue weighted by Gasteiger charge is 2.35. The van der Waals surface area contributed by atoms with Crippen LogP contribution in [0.3, 0.4) is 0 Å². The fourth-order valence-corrected chi connectivity index (χ4v) is 3.78. The molecule has 2 aromatic rings. The molecule has 9 heteroatoms. The molecule has 0 unspecified atom stereocenters. The Morgan fingerprint density at radius 1 is 1.31 bits per heavy atom. The van der Waals surface area contributed by atoms with Gasteiger partial charge in [-0.05, 0) is 43.7 Å². The Morgan fingerprint density at radius 3 is 2.48 bits per heavy atom. The number of hydrogen-bond donors (Lipinski definition) is 0. The molecular formula is C20H23ClF3N3OS. The largest absolute Gasteiger partial charge is 0.431 e. The zero-order valence-corrected chi connectivity index (χ0v) is 18.5. The van der Waals surface area contributed by atoms with E-state index in [1.165, 1.54) is 25.6 Å². The third-order valence-corrected chi connectivity index (χ3v) is 5.42. The number of aliphatic imine (C=N–C) groups is 1. The van der Waals surface area contributed by atoms with Crippen LogP contribution in [0, 0.1) is 12.8 Å². The second kappa shape index (κ2) is 9.34. The van der Waals surface area contributed by atoms with Gasteiger partial charge < -0.3 is 4.57 Å². The lowest BCUT2D eigenvalue weighted by Crippen LogP contribution is -2.29. The van der Waals surface area contributed by atoms with Crippen molar-refractivity contribution in [1.29, 1.82) is 0 Å². The van der Waals surface area contributed by atoms with E-state index in [2.05, 4.69) is 9.98 Å². The molecule has 2 heterocycles. The van der Waals surface area contributed by atoms with Crippen molar-refractivity contribution in [3.63, 3.8) is 0 Å². The van der Waals surface area contributed by atoms with E-state index < -0.39 is 17.4 Å². The molecule has 0 amide bonds. The van der Waals surface area contributed by atoms with Gasteiger partial charge in [-0.1, -0.05) is 32.4 Å². The van der Waals surface area contributed by atoms with Crippen LogP contribution in [0.1, 0.15) is 44.6 Å². The van der Waals surface area contributed by atoms with E-state index in [-0.39, 0.29) is 28.9 Å². The molecule has 0 aromatic carbocycles. The average Bonchev–Trinajstić information content (AvgIpc) is 2.63. The molecule has 0 bridgehead atoms. The van der Waals surface area contributed by atoms with Gasteiger partial charge in [-0.3, -0.25) is 9.79 Å². The third-order valence-electron chi connectivity index (χ3n) is 4.28. The topological polar surface area (TPSA) is 47.2 Å². The molecule has 0 saturated carbocycles. The maximum atomic E-state index is 13.5. The summed E-state index contributed by atoms with van der Waals surface area (Å²) in [6.45, 7) is 8.63. The number of nitrogens with zero attached hydrogens (tertiary/aromatic N) is 3. The molecule has 0 fully saturated rings. The third kappa shape index (κ3) is 5.22. The first-order valence-electron chi connectivity index (χ1n) is 9.21. The molecule has 0 spiro atoms. The molecule has 0 aliphatic heterocycles.